The maximum Gasteiger partial charge on any atom is 0.231 e. The van der Waals surface area contributed by atoms with E-state index in [4.69, 9.17) is 9.47 Å². The van der Waals surface area contributed by atoms with Crippen LogP contribution in [0.2, 0.25) is 0 Å². The van der Waals surface area contributed by atoms with Gasteiger partial charge >= 0.3 is 0 Å². The van der Waals surface area contributed by atoms with E-state index < -0.39 is 0 Å². The van der Waals surface area contributed by atoms with Gasteiger partial charge in [0.15, 0.2) is 11.5 Å². The van der Waals surface area contributed by atoms with E-state index >= 15 is 0 Å². The van der Waals surface area contributed by atoms with E-state index in [2.05, 4.69) is 17.4 Å². The molecule has 3 rings (SSSR count). The van der Waals surface area contributed by atoms with Gasteiger partial charge in [0.1, 0.15) is 0 Å². The standard InChI is InChI=1S/C11H13NO2/c1-2-10-11(14-7-13-10)5-8(1)9-3-4-12-6-9/h1-2,5,9,12H,3-4,6-7H2. The minimum Gasteiger partial charge on any atom is -0.454 e. The third-order valence-corrected chi connectivity index (χ3v) is 2.93. The van der Waals surface area contributed by atoms with Crippen LogP contribution < -0.4 is 14.8 Å². The highest BCUT2D eigenvalue weighted by Gasteiger charge is 2.20. The quantitative estimate of drug-likeness (QED) is 0.729. The predicted octanol–water partition coefficient (Wildman–Crippen LogP) is 1.49. The van der Waals surface area contributed by atoms with Gasteiger partial charge in [0.05, 0.1) is 0 Å². The smallest absolute Gasteiger partial charge is 0.231 e. The fraction of sp³-hybridized carbons (Fsp3) is 0.455. The van der Waals surface area contributed by atoms with Gasteiger partial charge in [-0.1, -0.05) is 6.07 Å². The van der Waals surface area contributed by atoms with Crippen LogP contribution in [0.15, 0.2) is 18.2 Å². The van der Waals surface area contributed by atoms with Crippen molar-refractivity contribution in [2.45, 2.75) is 12.3 Å². The predicted molar refractivity (Wildman–Crippen MR) is 52.8 cm³/mol. The van der Waals surface area contributed by atoms with Crippen LogP contribution in [0.4, 0.5) is 0 Å². The summed E-state index contributed by atoms with van der Waals surface area (Å²) in [7, 11) is 0. The molecule has 0 saturated carbocycles. The lowest BCUT2D eigenvalue weighted by Gasteiger charge is -2.08. The zero-order valence-corrected chi connectivity index (χ0v) is 7.95. The highest BCUT2D eigenvalue weighted by atomic mass is 16.7. The van der Waals surface area contributed by atoms with Gasteiger partial charge in [-0.05, 0) is 36.6 Å². The Labute approximate surface area is 83.0 Å². The summed E-state index contributed by atoms with van der Waals surface area (Å²) in [5, 5.41) is 3.37. The number of ether oxygens (including phenoxy) is 2. The first-order chi connectivity index (χ1) is 6.93. The van der Waals surface area contributed by atoms with Crippen LogP contribution in [0.1, 0.15) is 17.9 Å². The summed E-state index contributed by atoms with van der Waals surface area (Å²) in [4.78, 5) is 0. The SMILES string of the molecule is c1cc2c(cc1C1CCNC1)OCO2. The third-order valence-electron chi connectivity index (χ3n) is 2.93. The van der Waals surface area contributed by atoms with Crippen molar-refractivity contribution in [3.05, 3.63) is 23.8 Å². The van der Waals surface area contributed by atoms with Gasteiger partial charge in [0.2, 0.25) is 6.79 Å². The fourth-order valence-corrected chi connectivity index (χ4v) is 2.11. The average Bonchev–Trinajstić information content (AvgIpc) is 2.88. The number of rotatable bonds is 1. The molecule has 2 aliphatic rings. The van der Waals surface area contributed by atoms with Crippen LogP contribution in [-0.4, -0.2) is 19.9 Å². The van der Waals surface area contributed by atoms with Gasteiger partial charge in [-0.2, -0.15) is 0 Å². The molecule has 3 nitrogen and oxygen atoms in total. The molecular formula is C11H13NO2. The average molecular weight is 191 g/mol. The first-order valence-corrected chi connectivity index (χ1v) is 5.04. The van der Waals surface area contributed by atoms with Gasteiger partial charge in [-0.15, -0.1) is 0 Å². The molecule has 1 atom stereocenters. The molecule has 0 amide bonds. The normalized spacial score (nSPS) is 24.1. The molecule has 1 saturated heterocycles. The van der Waals surface area contributed by atoms with Crippen molar-refractivity contribution in [1.82, 2.24) is 5.32 Å². The van der Waals surface area contributed by atoms with Crippen LogP contribution in [-0.2, 0) is 0 Å². The van der Waals surface area contributed by atoms with E-state index in [9.17, 15) is 0 Å². The summed E-state index contributed by atoms with van der Waals surface area (Å²) in [6, 6.07) is 6.27. The summed E-state index contributed by atoms with van der Waals surface area (Å²) >= 11 is 0. The molecule has 3 heteroatoms. The Morgan fingerprint density at radius 3 is 3.00 bits per heavy atom. The molecule has 0 spiro atoms. The highest BCUT2D eigenvalue weighted by molar-refractivity contribution is 5.45. The molecule has 1 aromatic carbocycles. The summed E-state index contributed by atoms with van der Waals surface area (Å²) in [6.07, 6.45) is 1.22. The van der Waals surface area contributed by atoms with Crippen molar-refractivity contribution >= 4 is 0 Å². The van der Waals surface area contributed by atoms with Crippen LogP contribution in [0.5, 0.6) is 11.5 Å². The van der Waals surface area contributed by atoms with E-state index in [1.54, 1.807) is 0 Å². The van der Waals surface area contributed by atoms with Crippen molar-refractivity contribution in [2.75, 3.05) is 19.9 Å². The molecule has 0 aliphatic carbocycles. The number of hydrogen-bond acceptors (Lipinski definition) is 3. The molecule has 1 aromatic rings. The number of hydrogen-bond donors (Lipinski definition) is 1. The monoisotopic (exact) mass is 191 g/mol. The zero-order valence-electron chi connectivity index (χ0n) is 7.95. The lowest BCUT2D eigenvalue weighted by Crippen LogP contribution is -2.07. The molecular weight excluding hydrogens is 178 g/mol. The second-order valence-electron chi connectivity index (χ2n) is 3.80. The molecule has 0 bridgehead atoms. The van der Waals surface area contributed by atoms with E-state index in [-0.39, 0.29) is 0 Å². The minimum atomic E-state index is 0.363. The van der Waals surface area contributed by atoms with E-state index in [0.717, 1.165) is 24.6 Å². The number of fused-ring (bicyclic) bond motifs is 1. The summed E-state index contributed by atoms with van der Waals surface area (Å²) in [6.45, 7) is 2.57. The zero-order chi connectivity index (χ0) is 9.38. The molecule has 1 fully saturated rings. The van der Waals surface area contributed by atoms with Gasteiger partial charge in [0, 0.05) is 6.54 Å². The molecule has 1 unspecified atom stereocenters. The van der Waals surface area contributed by atoms with Crippen molar-refractivity contribution < 1.29 is 9.47 Å². The Morgan fingerprint density at radius 2 is 2.14 bits per heavy atom. The molecule has 1 N–H and O–H groups in total. The first kappa shape index (κ1) is 8.12. The van der Waals surface area contributed by atoms with E-state index in [0.29, 0.717) is 12.7 Å². The van der Waals surface area contributed by atoms with Gasteiger partial charge in [-0.25, -0.2) is 0 Å². The van der Waals surface area contributed by atoms with Crippen LogP contribution in [0.3, 0.4) is 0 Å². The summed E-state index contributed by atoms with van der Waals surface area (Å²) in [5.41, 5.74) is 1.36. The van der Waals surface area contributed by atoms with Crippen molar-refractivity contribution in [3.8, 4) is 11.5 Å². The number of nitrogens with one attached hydrogen (secondary N) is 1. The largest absolute Gasteiger partial charge is 0.454 e. The summed E-state index contributed by atoms with van der Waals surface area (Å²) < 4.78 is 10.6. The molecule has 74 valence electrons. The van der Waals surface area contributed by atoms with Crippen LogP contribution >= 0.6 is 0 Å². The van der Waals surface area contributed by atoms with Crippen molar-refractivity contribution in [3.63, 3.8) is 0 Å². The van der Waals surface area contributed by atoms with Crippen LogP contribution in [0, 0.1) is 0 Å². The first-order valence-electron chi connectivity index (χ1n) is 5.04. The Balaban J connectivity index is 1.91. The molecule has 2 heterocycles. The Bertz CT molecular complexity index is 345. The molecule has 0 aromatic heterocycles. The van der Waals surface area contributed by atoms with Crippen molar-refractivity contribution in [1.29, 1.82) is 0 Å². The topological polar surface area (TPSA) is 30.5 Å². The lowest BCUT2D eigenvalue weighted by atomic mass is 9.98. The maximum atomic E-state index is 5.36. The lowest BCUT2D eigenvalue weighted by molar-refractivity contribution is 0.174. The van der Waals surface area contributed by atoms with Crippen LogP contribution in [0.25, 0.3) is 0 Å². The Kier molecular flexibility index (Phi) is 1.84. The maximum absolute atomic E-state index is 5.36. The third kappa shape index (κ3) is 1.24. The number of benzene rings is 1. The fourth-order valence-electron chi connectivity index (χ4n) is 2.11. The second-order valence-corrected chi connectivity index (χ2v) is 3.80. The Hall–Kier alpha value is -1.22. The molecule has 14 heavy (non-hydrogen) atoms. The molecule has 2 aliphatic heterocycles. The van der Waals surface area contributed by atoms with Gasteiger partial charge < -0.3 is 14.8 Å². The Morgan fingerprint density at radius 1 is 1.21 bits per heavy atom. The molecule has 0 radical (unpaired) electrons. The van der Waals surface area contributed by atoms with Gasteiger partial charge in [0.25, 0.3) is 0 Å². The summed E-state index contributed by atoms with van der Waals surface area (Å²) in [5.74, 6) is 2.42. The van der Waals surface area contributed by atoms with Crippen molar-refractivity contribution in [2.24, 2.45) is 0 Å². The minimum absolute atomic E-state index is 0.363. The van der Waals surface area contributed by atoms with E-state index in [1.165, 1.54) is 12.0 Å². The van der Waals surface area contributed by atoms with Gasteiger partial charge in [-0.3, -0.25) is 0 Å². The highest BCUT2D eigenvalue weighted by Crippen LogP contribution is 2.35. The van der Waals surface area contributed by atoms with E-state index in [1.807, 2.05) is 6.07 Å². The second kappa shape index (κ2) is 3.17.